The highest BCUT2D eigenvalue weighted by Crippen LogP contribution is 2.12. The zero-order valence-electron chi connectivity index (χ0n) is 20.9. The fourth-order valence-corrected chi connectivity index (χ4v) is 3.47. The Kier molecular flexibility index (Phi) is 21.4. The van der Waals surface area contributed by atoms with Gasteiger partial charge in [-0.2, -0.15) is 0 Å². The van der Waals surface area contributed by atoms with Gasteiger partial charge in [0.1, 0.15) is 6.61 Å². The molecule has 0 saturated carbocycles. The van der Waals surface area contributed by atoms with Gasteiger partial charge in [-0.15, -0.1) is 0 Å². The quantitative estimate of drug-likeness (QED) is 0.125. The first kappa shape index (κ1) is 31.6. The fraction of sp³-hybridized carbons (Fsp3) is 0.808. The standard InChI is InChI=1S/C26H50NO2.BrH/c1-7-8-9-10-11-12-13-14-15-16-21-27(5,6)23-26(28)29-22-20-25(4)19-17-18-24(2)3;/h18,20H,7-17,19,21-23H2,1-6H3;1H/q+1;/p-1/b25-20+;. The Hall–Kier alpha value is -0.610. The predicted octanol–water partition coefficient (Wildman–Crippen LogP) is 4.22. The van der Waals surface area contributed by atoms with Crippen LogP contribution in [0.5, 0.6) is 0 Å². The summed E-state index contributed by atoms with van der Waals surface area (Å²) >= 11 is 0. The van der Waals surface area contributed by atoms with E-state index in [-0.39, 0.29) is 23.0 Å². The van der Waals surface area contributed by atoms with Crippen LogP contribution in [0.3, 0.4) is 0 Å². The third kappa shape index (κ3) is 22.1. The Balaban J connectivity index is 0. The molecule has 0 fully saturated rings. The molecule has 0 heterocycles. The number of hydrogen-bond donors (Lipinski definition) is 0. The number of unbranched alkanes of at least 4 members (excludes halogenated alkanes) is 9. The number of likely N-dealkylation sites (N-methyl/N-ethyl adjacent to an activating group) is 1. The second-order valence-electron chi connectivity index (χ2n) is 9.55. The van der Waals surface area contributed by atoms with Crippen molar-refractivity contribution in [2.24, 2.45) is 0 Å². The lowest BCUT2D eigenvalue weighted by atomic mass is 10.1. The summed E-state index contributed by atoms with van der Waals surface area (Å²) in [5, 5.41) is 0. The molecule has 178 valence electrons. The number of rotatable bonds is 18. The molecule has 0 aromatic rings. The summed E-state index contributed by atoms with van der Waals surface area (Å²) in [5.41, 5.74) is 2.64. The van der Waals surface area contributed by atoms with Crippen molar-refractivity contribution in [1.82, 2.24) is 0 Å². The largest absolute Gasteiger partial charge is 1.00 e. The zero-order valence-corrected chi connectivity index (χ0v) is 22.5. The molecule has 0 amide bonds. The summed E-state index contributed by atoms with van der Waals surface area (Å²) in [6, 6.07) is 0. The minimum Gasteiger partial charge on any atom is -1.00 e. The lowest BCUT2D eigenvalue weighted by Gasteiger charge is -2.28. The highest BCUT2D eigenvalue weighted by atomic mass is 79.9. The topological polar surface area (TPSA) is 26.3 Å². The van der Waals surface area contributed by atoms with Crippen LogP contribution in [0.1, 0.15) is 105 Å². The van der Waals surface area contributed by atoms with E-state index in [1.807, 2.05) is 6.08 Å². The van der Waals surface area contributed by atoms with Crippen molar-refractivity contribution in [1.29, 1.82) is 0 Å². The van der Waals surface area contributed by atoms with Gasteiger partial charge in [-0.05, 0) is 52.5 Å². The average Bonchev–Trinajstić information content (AvgIpc) is 2.62. The van der Waals surface area contributed by atoms with Crippen LogP contribution in [-0.4, -0.2) is 44.2 Å². The van der Waals surface area contributed by atoms with E-state index in [0.717, 1.165) is 23.9 Å². The number of halogens is 1. The maximum atomic E-state index is 12.1. The first-order chi connectivity index (χ1) is 13.8. The molecular weight excluding hydrogens is 438 g/mol. The van der Waals surface area contributed by atoms with Crippen LogP contribution < -0.4 is 17.0 Å². The minimum atomic E-state index is -0.0876. The van der Waals surface area contributed by atoms with Crippen LogP contribution >= 0.6 is 0 Å². The van der Waals surface area contributed by atoms with Gasteiger partial charge in [0.05, 0.1) is 20.6 Å². The molecule has 0 atom stereocenters. The third-order valence-electron chi connectivity index (χ3n) is 5.44. The first-order valence-electron chi connectivity index (χ1n) is 12.0. The Labute approximate surface area is 198 Å². The molecule has 0 bridgehead atoms. The molecule has 3 nitrogen and oxygen atoms in total. The van der Waals surface area contributed by atoms with Crippen LogP contribution in [0.4, 0.5) is 0 Å². The highest BCUT2D eigenvalue weighted by Gasteiger charge is 2.20. The maximum absolute atomic E-state index is 12.1. The molecule has 0 aliphatic heterocycles. The van der Waals surface area contributed by atoms with E-state index < -0.39 is 0 Å². The van der Waals surface area contributed by atoms with E-state index in [1.165, 1.54) is 75.4 Å². The molecule has 0 aromatic heterocycles. The van der Waals surface area contributed by atoms with Crippen molar-refractivity contribution in [3.63, 3.8) is 0 Å². The lowest BCUT2D eigenvalue weighted by Crippen LogP contribution is -3.00. The van der Waals surface area contributed by atoms with Crippen molar-refractivity contribution < 1.29 is 31.0 Å². The van der Waals surface area contributed by atoms with Gasteiger partial charge < -0.3 is 26.2 Å². The summed E-state index contributed by atoms with van der Waals surface area (Å²) in [5.74, 6) is -0.0876. The zero-order chi connectivity index (χ0) is 22.0. The van der Waals surface area contributed by atoms with Gasteiger partial charge in [0.15, 0.2) is 6.54 Å². The van der Waals surface area contributed by atoms with Gasteiger partial charge in [0.2, 0.25) is 0 Å². The number of carbonyl (C=O) groups is 1. The van der Waals surface area contributed by atoms with Crippen LogP contribution in [0.2, 0.25) is 0 Å². The van der Waals surface area contributed by atoms with Crippen molar-refractivity contribution in [3.05, 3.63) is 23.3 Å². The van der Waals surface area contributed by atoms with E-state index in [2.05, 4.69) is 47.9 Å². The molecule has 4 heteroatoms. The maximum Gasteiger partial charge on any atom is 0.362 e. The van der Waals surface area contributed by atoms with Gasteiger partial charge in [-0.25, -0.2) is 4.79 Å². The summed E-state index contributed by atoms with van der Waals surface area (Å²) < 4.78 is 6.15. The van der Waals surface area contributed by atoms with Gasteiger partial charge >= 0.3 is 5.97 Å². The molecule has 0 rings (SSSR count). The number of ether oxygens (including phenoxy) is 1. The average molecular weight is 489 g/mol. The van der Waals surface area contributed by atoms with Crippen LogP contribution in [0, 0.1) is 0 Å². The molecule has 30 heavy (non-hydrogen) atoms. The van der Waals surface area contributed by atoms with E-state index in [0.29, 0.717) is 13.2 Å². The van der Waals surface area contributed by atoms with Crippen molar-refractivity contribution in [2.75, 3.05) is 33.8 Å². The monoisotopic (exact) mass is 487 g/mol. The van der Waals surface area contributed by atoms with Crippen molar-refractivity contribution in [3.8, 4) is 0 Å². The number of hydrogen-bond acceptors (Lipinski definition) is 2. The fourth-order valence-electron chi connectivity index (χ4n) is 3.47. The smallest absolute Gasteiger partial charge is 0.362 e. The van der Waals surface area contributed by atoms with E-state index in [9.17, 15) is 4.79 Å². The number of carbonyl (C=O) groups excluding carboxylic acids is 1. The van der Waals surface area contributed by atoms with Gasteiger partial charge in [-0.1, -0.05) is 75.5 Å². The van der Waals surface area contributed by atoms with Crippen LogP contribution in [-0.2, 0) is 9.53 Å². The molecule has 0 unspecified atom stereocenters. The van der Waals surface area contributed by atoms with Crippen molar-refractivity contribution >= 4 is 5.97 Å². The molecule has 0 aliphatic carbocycles. The van der Waals surface area contributed by atoms with Crippen LogP contribution in [0.15, 0.2) is 23.3 Å². The van der Waals surface area contributed by atoms with E-state index in [1.54, 1.807) is 0 Å². The van der Waals surface area contributed by atoms with E-state index in [4.69, 9.17) is 4.74 Å². The summed E-state index contributed by atoms with van der Waals surface area (Å²) in [6.07, 6.45) is 19.9. The van der Waals surface area contributed by atoms with Crippen molar-refractivity contribution in [2.45, 2.75) is 105 Å². The minimum absolute atomic E-state index is 0. The number of quaternary nitrogens is 1. The van der Waals surface area contributed by atoms with Gasteiger partial charge in [0.25, 0.3) is 0 Å². The van der Waals surface area contributed by atoms with Crippen LogP contribution in [0.25, 0.3) is 0 Å². The third-order valence-corrected chi connectivity index (χ3v) is 5.44. The molecule has 0 spiro atoms. The molecule has 0 saturated heterocycles. The van der Waals surface area contributed by atoms with E-state index >= 15 is 0 Å². The predicted molar refractivity (Wildman–Crippen MR) is 127 cm³/mol. The SMILES string of the molecule is CCCCCCCCCCCC[N+](C)(C)CC(=O)OC/C=C(\C)CCC=C(C)C.[Br-]. The molecule has 0 radical (unpaired) electrons. The van der Waals surface area contributed by atoms with Gasteiger partial charge in [0, 0.05) is 0 Å². The normalized spacial score (nSPS) is 11.7. The molecule has 0 aromatic carbocycles. The first-order valence-corrected chi connectivity index (χ1v) is 12.0. The summed E-state index contributed by atoms with van der Waals surface area (Å²) in [4.78, 5) is 12.1. The molecular formula is C26H50BrNO2. The number of allylic oxidation sites excluding steroid dienone is 3. The number of nitrogens with zero attached hydrogens (tertiary/aromatic N) is 1. The second-order valence-corrected chi connectivity index (χ2v) is 9.55. The summed E-state index contributed by atoms with van der Waals surface area (Å²) in [7, 11) is 4.27. The second kappa shape index (κ2) is 20.3. The Morgan fingerprint density at radius 1 is 0.833 bits per heavy atom. The Morgan fingerprint density at radius 2 is 1.37 bits per heavy atom. The molecule has 0 aliphatic rings. The lowest BCUT2D eigenvalue weighted by molar-refractivity contribution is -0.883. The summed E-state index contributed by atoms with van der Waals surface area (Å²) in [6.45, 7) is 10.5. The molecule has 0 N–H and O–H groups in total. The highest BCUT2D eigenvalue weighted by molar-refractivity contribution is 5.70. The van der Waals surface area contributed by atoms with Gasteiger partial charge in [-0.3, -0.25) is 0 Å². The Morgan fingerprint density at radius 3 is 1.90 bits per heavy atom. The number of esters is 1. The Bertz CT molecular complexity index is 479.